The van der Waals surface area contributed by atoms with Crippen LogP contribution in [0.5, 0.6) is 0 Å². The zero-order valence-electron chi connectivity index (χ0n) is 17.7. The number of nitrogens with one attached hydrogen (secondary N) is 2. The van der Waals surface area contributed by atoms with Crippen molar-refractivity contribution in [3.63, 3.8) is 0 Å². The van der Waals surface area contributed by atoms with Gasteiger partial charge < -0.3 is 16.4 Å². The summed E-state index contributed by atoms with van der Waals surface area (Å²) in [6, 6.07) is 5.39. The van der Waals surface area contributed by atoms with Gasteiger partial charge in [0.2, 0.25) is 5.95 Å². The standard InChI is InChI=1S/C20H19F3N6O3S2/c1-11-7-12(14-10-26-16(33-14)19(4-2-5-19)29-17(24)30)9-13(8-11)27-18-25-6-3-15(28-18)34(31,32)20(21,22)23/h3,6-10H,2,4-5H2,1H3,(H3,24,29,30)(H,25,27,28). The van der Waals surface area contributed by atoms with E-state index in [-0.39, 0.29) is 5.95 Å². The van der Waals surface area contributed by atoms with Crippen molar-refractivity contribution in [1.29, 1.82) is 0 Å². The number of nitrogens with zero attached hydrogens (tertiary/aromatic N) is 3. The third-order valence-corrected chi connectivity index (χ3v) is 7.95. The van der Waals surface area contributed by atoms with Crippen LogP contribution in [-0.2, 0) is 15.4 Å². The van der Waals surface area contributed by atoms with Crippen molar-refractivity contribution in [2.45, 2.75) is 42.3 Å². The zero-order chi connectivity index (χ0) is 24.7. The van der Waals surface area contributed by atoms with Crippen LogP contribution in [0.15, 0.2) is 41.7 Å². The number of carbonyl (C=O) groups excluding carboxylic acids is 1. The van der Waals surface area contributed by atoms with E-state index in [1.807, 2.05) is 13.0 Å². The van der Waals surface area contributed by atoms with E-state index in [0.29, 0.717) is 11.8 Å². The highest BCUT2D eigenvalue weighted by atomic mass is 32.2. The number of sulfone groups is 1. The van der Waals surface area contributed by atoms with Crippen molar-refractivity contribution < 1.29 is 26.4 Å². The molecule has 180 valence electrons. The lowest BCUT2D eigenvalue weighted by atomic mass is 9.77. The van der Waals surface area contributed by atoms with E-state index in [2.05, 4.69) is 25.6 Å². The minimum atomic E-state index is -5.60. The Morgan fingerprint density at radius 1 is 1.21 bits per heavy atom. The predicted octanol–water partition coefficient (Wildman–Crippen LogP) is 3.99. The maximum absolute atomic E-state index is 12.9. The second-order valence-electron chi connectivity index (χ2n) is 7.83. The second-order valence-corrected chi connectivity index (χ2v) is 10.8. The Kier molecular flexibility index (Phi) is 5.97. The van der Waals surface area contributed by atoms with Gasteiger partial charge in [-0.3, -0.25) is 0 Å². The first-order valence-corrected chi connectivity index (χ1v) is 12.3. The Bertz CT molecular complexity index is 1350. The Morgan fingerprint density at radius 2 is 1.94 bits per heavy atom. The number of aryl methyl sites for hydroxylation is 1. The van der Waals surface area contributed by atoms with Gasteiger partial charge in [-0.1, -0.05) is 6.07 Å². The molecule has 3 aromatic rings. The molecule has 0 unspecified atom stereocenters. The van der Waals surface area contributed by atoms with Crippen molar-refractivity contribution in [3.05, 3.63) is 47.2 Å². The van der Waals surface area contributed by atoms with Crippen LogP contribution in [-0.4, -0.2) is 34.9 Å². The maximum Gasteiger partial charge on any atom is 0.503 e. The minimum Gasteiger partial charge on any atom is -0.352 e. The quantitative estimate of drug-likeness (QED) is 0.424. The third-order valence-electron chi connectivity index (χ3n) is 5.31. The SMILES string of the molecule is Cc1cc(Nc2nccc(S(=O)(=O)C(F)(F)F)n2)cc(-c2cnc(C3(NC(N)=O)CCC3)s2)c1. The summed E-state index contributed by atoms with van der Waals surface area (Å²) in [7, 11) is -5.60. The van der Waals surface area contributed by atoms with E-state index < -0.39 is 31.9 Å². The number of carbonyl (C=O) groups is 1. The molecule has 1 aliphatic carbocycles. The van der Waals surface area contributed by atoms with Crippen molar-refractivity contribution in [1.82, 2.24) is 20.3 Å². The molecule has 0 radical (unpaired) electrons. The molecule has 2 heterocycles. The van der Waals surface area contributed by atoms with Gasteiger partial charge in [-0.05, 0) is 55.5 Å². The van der Waals surface area contributed by atoms with Gasteiger partial charge in [0.15, 0.2) is 5.03 Å². The molecule has 1 fully saturated rings. The number of nitrogens with two attached hydrogens (primary N) is 1. The molecule has 0 spiro atoms. The molecule has 0 bridgehead atoms. The molecule has 4 N–H and O–H groups in total. The topological polar surface area (TPSA) is 140 Å². The molecule has 1 aromatic carbocycles. The highest BCUT2D eigenvalue weighted by Crippen LogP contribution is 2.44. The number of halogens is 3. The lowest BCUT2D eigenvalue weighted by Crippen LogP contribution is -2.52. The molecular weight excluding hydrogens is 493 g/mol. The van der Waals surface area contributed by atoms with Gasteiger partial charge in [0.25, 0.3) is 9.84 Å². The molecule has 1 saturated carbocycles. The maximum atomic E-state index is 12.9. The van der Waals surface area contributed by atoms with Gasteiger partial charge in [0.05, 0.1) is 10.4 Å². The highest BCUT2D eigenvalue weighted by molar-refractivity contribution is 7.92. The van der Waals surface area contributed by atoms with E-state index in [4.69, 9.17) is 5.73 Å². The fourth-order valence-corrected chi connectivity index (χ4v) is 5.37. The molecule has 34 heavy (non-hydrogen) atoms. The summed E-state index contributed by atoms with van der Waals surface area (Å²) < 4.78 is 61.9. The summed E-state index contributed by atoms with van der Waals surface area (Å²) in [5.74, 6) is -0.300. The van der Waals surface area contributed by atoms with Crippen LogP contribution in [0.25, 0.3) is 10.4 Å². The number of hydrogen-bond donors (Lipinski definition) is 3. The molecule has 0 aliphatic heterocycles. The average Bonchev–Trinajstić information content (AvgIpc) is 3.20. The van der Waals surface area contributed by atoms with Crippen LogP contribution >= 0.6 is 11.3 Å². The summed E-state index contributed by atoms with van der Waals surface area (Å²) in [4.78, 5) is 24.1. The van der Waals surface area contributed by atoms with E-state index in [0.717, 1.165) is 46.5 Å². The summed E-state index contributed by atoms with van der Waals surface area (Å²) >= 11 is 1.40. The summed E-state index contributed by atoms with van der Waals surface area (Å²) in [6.45, 7) is 1.82. The van der Waals surface area contributed by atoms with E-state index >= 15 is 0 Å². The van der Waals surface area contributed by atoms with Gasteiger partial charge in [-0.25, -0.2) is 28.2 Å². The average molecular weight is 513 g/mol. The number of anilines is 2. The molecular formula is C20H19F3N6O3S2. The number of aromatic nitrogens is 3. The summed E-state index contributed by atoms with van der Waals surface area (Å²) in [6.07, 6.45) is 5.02. The van der Waals surface area contributed by atoms with Crippen LogP contribution in [0.2, 0.25) is 0 Å². The van der Waals surface area contributed by atoms with Gasteiger partial charge in [0.1, 0.15) is 5.01 Å². The minimum absolute atomic E-state index is 0.300. The number of amides is 2. The number of alkyl halides is 3. The first kappa shape index (κ1) is 23.9. The molecule has 0 saturated heterocycles. The lowest BCUT2D eigenvalue weighted by molar-refractivity contribution is -0.0438. The monoisotopic (exact) mass is 512 g/mol. The van der Waals surface area contributed by atoms with E-state index in [1.54, 1.807) is 18.3 Å². The first-order chi connectivity index (χ1) is 15.9. The van der Waals surface area contributed by atoms with Crippen LogP contribution in [0.1, 0.15) is 29.8 Å². The number of primary amides is 1. The predicted molar refractivity (Wildman–Crippen MR) is 119 cm³/mol. The number of thiazole rings is 1. The fourth-order valence-electron chi connectivity index (χ4n) is 3.58. The van der Waals surface area contributed by atoms with E-state index in [9.17, 15) is 26.4 Å². The molecule has 4 rings (SSSR count). The van der Waals surface area contributed by atoms with E-state index in [1.165, 1.54) is 11.3 Å². The Balaban J connectivity index is 1.62. The van der Waals surface area contributed by atoms with Crippen LogP contribution in [0.4, 0.5) is 29.6 Å². The molecule has 9 nitrogen and oxygen atoms in total. The third kappa shape index (κ3) is 4.55. The second kappa shape index (κ2) is 8.51. The Labute approximate surface area is 196 Å². The van der Waals surface area contributed by atoms with Gasteiger partial charge in [0, 0.05) is 18.1 Å². The first-order valence-electron chi connectivity index (χ1n) is 9.97. The van der Waals surface area contributed by atoms with Crippen LogP contribution < -0.4 is 16.4 Å². The summed E-state index contributed by atoms with van der Waals surface area (Å²) in [5, 5.41) is 5.13. The Morgan fingerprint density at radius 3 is 2.56 bits per heavy atom. The molecule has 2 amide bonds. The number of rotatable bonds is 6. The number of urea groups is 1. The molecule has 1 aliphatic rings. The van der Waals surface area contributed by atoms with Gasteiger partial charge >= 0.3 is 11.5 Å². The van der Waals surface area contributed by atoms with Crippen LogP contribution in [0, 0.1) is 6.92 Å². The van der Waals surface area contributed by atoms with Crippen molar-refractivity contribution >= 4 is 38.8 Å². The molecule has 0 atom stereocenters. The lowest BCUT2D eigenvalue weighted by Gasteiger charge is -2.40. The molecule has 2 aromatic heterocycles. The van der Waals surface area contributed by atoms with Gasteiger partial charge in [-0.2, -0.15) is 13.2 Å². The fraction of sp³-hybridized carbons (Fsp3) is 0.300. The number of benzene rings is 1. The smallest absolute Gasteiger partial charge is 0.352 e. The van der Waals surface area contributed by atoms with Crippen molar-refractivity contribution in [2.24, 2.45) is 5.73 Å². The Hall–Kier alpha value is -3.26. The van der Waals surface area contributed by atoms with Crippen molar-refractivity contribution in [3.8, 4) is 10.4 Å². The van der Waals surface area contributed by atoms with Crippen LogP contribution in [0.3, 0.4) is 0 Å². The van der Waals surface area contributed by atoms with Crippen molar-refractivity contribution in [2.75, 3.05) is 5.32 Å². The molecule has 14 heteroatoms. The largest absolute Gasteiger partial charge is 0.503 e. The van der Waals surface area contributed by atoms with Gasteiger partial charge in [-0.15, -0.1) is 11.3 Å². The number of hydrogen-bond acceptors (Lipinski definition) is 8. The normalized spacial score (nSPS) is 15.4. The zero-order valence-corrected chi connectivity index (χ0v) is 19.3. The highest BCUT2D eigenvalue weighted by Gasteiger charge is 2.48. The summed E-state index contributed by atoms with van der Waals surface area (Å²) in [5.41, 5.74) is 1.31.